The van der Waals surface area contributed by atoms with Gasteiger partial charge >= 0.3 is 5.97 Å². The molecule has 24 heteroatoms. The lowest BCUT2D eigenvalue weighted by Gasteiger charge is -2.30. The van der Waals surface area contributed by atoms with Gasteiger partial charge in [0.15, 0.2) is 6.04 Å². The Morgan fingerprint density at radius 3 is 1.27 bits per heavy atom. The highest BCUT2D eigenvalue weighted by Crippen LogP contribution is 2.18. The summed E-state index contributed by atoms with van der Waals surface area (Å²) in [7, 11) is 0. The smallest absolute Gasteiger partial charge is 0.331 e. The van der Waals surface area contributed by atoms with Gasteiger partial charge in [0.2, 0.25) is 53.2 Å². The molecule has 434 valence electrons. The summed E-state index contributed by atoms with van der Waals surface area (Å²) >= 11 is 0. The third-order valence-electron chi connectivity index (χ3n) is 13.1. The Morgan fingerprint density at radius 1 is 0.494 bits per heavy atom. The summed E-state index contributed by atoms with van der Waals surface area (Å²) < 4.78 is 5.76. The van der Waals surface area contributed by atoms with Crippen LogP contribution in [-0.4, -0.2) is 151 Å². The highest BCUT2D eigenvalue weighted by Gasteiger charge is 2.38. The highest BCUT2D eigenvalue weighted by atomic mass is 16.5. The van der Waals surface area contributed by atoms with Gasteiger partial charge in [0.05, 0.1) is 13.0 Å². The van der Waals surface area contributed by atoms with Crippen molar-refractivity contribution in [3.05, 3.63) is 35.9 Å². The van der Waals surface area contributed by atoms with Crippen molar-refractivity contribution in [3.63, 3.8) is 0 Å². The van der Waals surface area contributed by atoms with Gasteiger partial charge in [0, 0.05) is 6.42 Å². The molecule has 11 atom stereocenters. The molecular formula is C53H90N12O12. The minimum Gasteiger partial charge on any atom is -0.460 e. The lowest BCUT2D eigenvalue weighted by molar-refractivity contribution is -0.158. The molecule has 1 fully saturated rings. The second kappa shape index (κ2) is 33.8. The molecule has 1 saturated heterocycles. The molecule has 0 unspecified atom stereocenters. The van der Waals surface area contributed by atoms with Crippen molar-refractivity contribution in [1.29, 1.82) is 0 Å². The first-order valence-electron chi connectivity index (χ1n) is 27.0. The minimum absolute atomic E-state index is 0.0539. The van der Waals surface area contributed by atoms with Crippen LogP contribution in [0.1, 0.15) is 120 Å². The van der Waals surface area contributed by atoms with Crippen LogP contribution in [0.4, 0.5) is 0 Å². The number of aliphatic hydroxyl groups is 1. The third-order valence-corrected chi connectivity index (χ3v) is 13.1. The number of hydrogen-bond acceptors (Lipinski definition) is 15. The quantitative estimate of drug-likeness (QED) is 0.0782. The standard InChI is InChI=1S/C53H90N12O12/c1-11-32(10)41-26-42(67)57-34(17-20-54)46(69)64-43(30(6)7)51(74)59-35(18-21-55)45(68)61-39(25-33-15-13-12-14-16-33)50(73)60-37(23-28(2)3)48(71)58-36(19-22-56)47(70)65-44(31(8)9)52(75)62-38(24-29(4)5)49(72)63-40(27-66)53(76)77-41/h12-16,28-32,34-41,43-44,66H,11,17-27,54-56H2,1-10H3,(H,57,67)(H,58,71)(H,59,74)(H,60,73)(H,61,68)(H,62,75)(H,63,72)(H,64,69)(H,65,70)/t32-,34+,35+,36-,37-,38-,39-,40+,41-,43+,44+/m1/s1. The van der Waals surface area contributed by atoms with Crippen LogP contribution < -0.4 is 65.1 Å². The van der Waals surface area contributed by atoms with Crippen LogP contribution in [0.5, 0.6) is 0 Å². The zero-order chi connectivity index (χ0) is 58.1. The summed E-state index contributed by atoms with van der Waals surface area (Å²) in [5.74, 6) is -10.2. The Balaban J connectivity index is 2.80. The normalized spacial score (nSPS) is 26.5. The van der Waals surface area contributed by atoms with E-state index in [9.17, 15) is 53.1 Å². The summed E-state index contributed by atoms with van der Waals surface area (Å²) in [5, 5.41) is 34.3. The second-order valence-corrected chi connectivity index (χ2v) is 21.4. The van der Waals surface area contributed by atoms with Crippen LogP contribution >= 0.6 is 0 Å². The highest BCUT2D eigenvalue weighted by molar-refractivity contribution is 5.98. The molecule has 1 aromatic rings. The van der Waals surface area contributed by atoms with E-state index in [1.165, 1.54) is 0 Å². The van der Waals surface area contributed by atoms with Gasteiger partial charge in [0.1, 0.15) is 54.4 Å². The number of ether oxygens (including phenoxy) is 1. The SMILES string of the molecule is CC[C@@H](C)[C@H]1CC(=O)N[C@@H](CCN)C(=O)N[C@@H](C(C)C)C(=O)N[C@@H](CCN)C(=O)N[C@H](Cc2ccccc2)C(=O)N[C@H](CC(C)C)C(=O)N[C@H](CCN)C(=O)N[C@@H](C(C)C)C(=O)N[C@H](CC(C)C)C(=O)N[C@@H](CO)C(=O)O1. The molecule has 0 radical (unpaired) electrons. The fourth-order valence-electron chi connectivity index (χ4n) is 8.43. The number of rotatable bonds is 17. The Morgan fingerprint density at radius 2 is 0.857 bits per heavy atom. The zero-order valence-electron chi connectivity index (χ0n) is 46.7. The monoisotopic (exact) mass is 1090 g/mol. The van der Waals surface area contributed by atoms with Crippen molar-refractivity contribution in [2.24, 2.45) is 46.8 Å². The summed E-state index contributed by atoms with van der Waals surface area (Å²) in [6, 6.07) is -3.30. The predicted octanol–water partition coefficient (Wildman–Crippen LogP) is -1.60. The molecule has 9 amide bonds. The maximum absolute atomic E-state index is 14.4. The number of carbonyl (C=O) groups excluding carboxylic acids is 10. The summed E-state index contributed by atoms with van der Waals surface area (Å²) in [6.07, 6.45) is -1.38. The first-order valence-corrected chi connectivity index (χ1v) is 27.0. The molecule has 77 heavy (non-hydrogen) atoms. The van der Waals surface area contributed by atoms with E-state index in [-0.39, 0.29) is 70.0 Å². The summed E-state index contributed by atoms with van der Waals surface area (Å²) in [5.41, 5.74) is 18.4. The van der Waals surface area contributed by atoms with Gasteiger partial charge < -0.3 is 74.9 Å². The van der Waals surface area contributed by atoms with Crippen molar-refractivity contribution in [1.82, 2.24) is 47.9 Å². The number of nitrogens with one attached hydrogen (secondary N) is 9. The first-order chi connectivity index (χ1) is 36.3. The Bertz CT molecular complexity index is 2110. The topological polar surface area (TPSA) is 386 Å². The van der Waals surface area contributed by atoms with Crippen LogP contribution in [0.3, 0.4) is 0 Å². The maximum atomic E-state index is 14.4. The molecular weight excluding hydrogens is 997 g/mol. The van der Waals surface area contributed by atoms with E-state index in [4.69, 9.17) is 21.9 Å². The van der Waals surface area contributed by atoms with Crippen molar-refractivity contribution >= 4 is 59.1 Å². The molecule has 1 aliphatic rings. The van der Waals surface area contributed by atoms with E-state index in [2.05, 4.69) is 47.9 Å². The van der Waals surface area contributed by atoms with Gasteiger partial charge in [-0.15, -0.1) is 0 Å². The largest absolute Gasteiger partial charge is 0.460 e. The number of amides is 9. The number of esters is 1. The lowest BCUT2D eigenvalue weighted by atomic mass is 9.98. The van der Waals surface area contributed by atoms with E-state index in [1.54, 1.807) is 85.7 Å². The molecule has 2 rings (SSSR count). The summed E-state index contributed by atoms with van der Waals surface area (Å²) in [6.45, 7) is 16.1. The Kier molecular flexibility index (Phi) is 29.4. The number of cyclic esters (lactones) is 1. The fraction of sp³-hybridized carbons (Fsp3) is 0.698. The van der Waals surface area contributed by atoms with Crippen molar-refractivity contribution < 1.29 is 57.8 Å². The van der Waals surface area contributed by atoms with Gasteiger partial charge in [-0.05, 0) is 86.9 Å². The molecule has 0 spiro atoms. The van der Waals surface area contributed by atoms with E-state index in [0.29, 0.717) is 12.0 Å². The van der Waals surface area contributed by atoms with Crippen LogP contribution in [0.25, 0.3) is 0 Å². The average Bonchev–Trinajstić information content (AvgIpc) is 3.36. The first kappa shape index (κ1) is 66.9. The number of nitrogens with two attached hydrogens (primary N) is 3. The van der Waals surface area contributed by atoms with Crippen molar-refractivity contribution in [3.8, 4) is 0 Å². The van der Waals surface area contributed by atoms with Crippen LogP contribution in [0.15, 0.2) is 30.3 Å². The molecule has 0 saturated carbocycles. The Hall–Kier alpha value is -6.24. The number of aliphatic hydroxyl groups excluding tert-OH is 1. The van der Waals surface area contributed by atoms with Crippen LogP contribution in [-0.2, 0) is 59.1 Å². The van der Waals surface area contributed by atoms with E-state index in [0.717, 1.165) is 0 Å². The summed E-state index contributed by atoms with van der Waals surface area (Å²) in [4.78, 5) is 141. The van der Waals surface area contributed by atoms with Gasteiger partial charge in [-0.1, -0.05) is 106 Å². The predicted molar refractivity (Wildman–Crippen MR) is 288 cm³/mol. The van der Waals surface area contributed by atoms with Gasteiger partial charge in [0.25, 0.3) is 0 Å². The molecule has 1 heterocycles. The van der Waals surface area contributed by atoms with Gasteiger partial charge in [-0.3, -0.25) is 43.2 Å². The van der Waals surface area contributed by atoms with Crippen LogP contribution in [0.2, 0.25) is 0 Å². The molecule has 24 nitrogen and oxygen atoms in total. The van der Waals surface area contributed by atoms with Gasteiger partial charge in [-0.2, -0.15) is 0 Å². The second-order valence-electron chi connectivity index (χ2n) is 21.4. The van der Waals surface area contributed by atoms with E-state index < -0.39 is 150 Å². The zero-order valence-corrected chi connectivity index (χ0v) is 46.7. The molecule has 16 N–H and O–H groups in total. The minimum atomic E-state index is -1.65. The number of hydrogen-bond donors (Lipinski definition) is 13. The maximum Gasteiger partial charge on any atom is 0.331 e. The Labute approximate surface area is 453 Å². The molecule has 0 aromatic heterocycles. The average molecular weight is 1090 g/mol. The lowest BCUT2D eigenvalue weighted by Crippen LogP contribution is -2.61. The van der Waals surface area contributed by atoms with Crippen LogP contribution in [0, 0.1) is 29.6 Å². The van der Waals surface area contributed by atoms with E-state index in [1.807, 2.05) is 13.8 Å². The van der Waals surface area contributed by atoms with Crippen molar-refractivity contribution in [2.45, 2.75) is 181 Å². The third kappa shape index (κ3) is 22.7. The van der Waals surface area contributed by atoms with E-state index >= 15 is 0 Å². The number of carbonyl (C=O) groups is 10. The number of benzene rings is 1. The molecule has 1 aromatic carbocycles. The fourth-order valence-corrected chi connectivity index (χ4v) is 8.43. The van der Waals surface area contributed by atoms with Gasteiger partial charge in [-0.25, -0.2) is 4.79 Å². The molecule has 0 aliphatic carbocycles. The molecule has 1 aliphatic heterocycles. The molecule has 0 bridgehead atoms. The van der Waals surface area contributed by atoms with Crippen molar-refractivity contribution in [2.75, 3.05) is 26.2 Å².